The molecule has 0 radical (unpaired) electrons. The summed E-state index contributed by atoms with van der Waals surface area (Å²) in [4.78, 5) is 21.9. The number of hydrogen-bond acceptors (Lipinski definition) is 3. The van der Waals surface area contributed by atoms with E-state index in [2.05, 4.69) is 26.1 Å². The largest absolute Gasteiger partial charge is 0.449 e. The van der Waals surface area contributed by atoms with Crippen LogP contribution in [0.2, 0.25) is 0 Å². The van der Waals surface area contributed by atoms with E-state index < -0.39 is 12.0 Å². The maximum Gasteiger partial charge on any atom is 0.411 e. The normalized spacial score (nSPS) is 10.9. The van der Waals surface area contributed by atoms with Gasteiger partial charge in [-0.3, -0.25) is 10.1 Å². The highest BCUT2D eigenvalue weighted by molar-refractivity contribution is 5.84. The van der Waals surface area contributed by atoms with Gasteiger partial charge in [-0.2, -0.15) is 0 Å². The Balaban J connectivity index is 2.49. The summed E-state index contributed by atoms with van der Waals surface area (Å²) in [6.07, 6.45) is -0.569. The van der Waals surface area contributed by atoms with Crippen molar-refractivity contribution in [3.05, 3.63) is 29.8 Å². The minimum atomic E-state index is -0.593. The van der Waals surface area contributed by atoms with Crippen molar-refractivity contribution in [2.75, 3.05) is 11.9 Å². The number of nitrogens with two attached hydrogens (primary N) is 1. The highest BCUT2D eigenvalue weighted by atomic mass is 16.5. The van der Waals surface area contributed by atoms with Crippen molar-refractivity contribution in [3.63, 3.8) is 0 Å². The van der Waals surface area contributed by atoms with E-state index in [1.807, 2.05) is 24.3 Å². The summed E-state index contributed by atoms with van der Waals surface area (Å²) in [5.41, 5.74) is 6.84. The molecule has 5 heteroatoms. The molecule has 0 atom stereocenters. The minimum Gasteiger partial charge on any atom is -0.449 e. The van der Waals surface area contributed by atoms with Crippen LogP contribution in [-0.4, -0.2) is 18.6 Å². The SMILES string of the molecule is CC(C)(C)c1ccc(NC(=O)OCCC(N)=O)cc1. The van der Waals surface area contributed by atoms with Gasteiger partial charge in [0.2, 0.25) is 5.91 Å². The Kier molecular flexibility index (Phi) is 4.92. The van der Waals surface area contributed by atoms with E-state index in [9.17, 15) is 9.59 Å². The summed E-state index contributed by atoms with van der Waals surface area (Å²) in [6, 6.07) is 7.55. The zero-order valence-electron chi connectivity index (χ0n) is 11.5. The van der Waals surface area contributed by atoms with E-state index in [1.165, 1.54) is 5.56 Å². The molecule has 0 aliphatic heterocycles. The number of hydrogen-bond donors (Lipinski definition) is 2. The zero-order chi connectivity index (χ0) is 14.5. The summed E-state index contributed by atoms with van der Waals surface area (Å²) < 4.78 is 4.80. The van der Waals surface area contributed by atoms with E-state index in [-0.39, 0.29) is 18.4 Å². The van der Waals surface area contributed by atoms with Crippen LogP contribution in [0.4, 0.5) is 10.5 Å². The molecule has 1 aromatic carbocycles. The molecule has 0 saturated carbocycles. The second-order valence-corrected chi connectivity index (χ2v) is 5.30. The lowest BCUT2D eigenvalue weighted by Gasteiger charge is -2.19. The number of ether oxygens (including phenoxy) is 1. The molecule has 1 rings (SSSR count). The number of benzene rings is 1. The van der Waals surface area contributed by atoms with Crippen molar-refractivity contribution in [3.8, 4) is 0 Å². The summed E-state index contributed by atoms with van der Waals surface area (Å²) in [6.45, 7) is 6.34. The molecule has 2 amide bonds. The molecular formula is C14H20N2O3. The number of nitrogens with one attached hydrogen (secondary N) is 1. The quantitative estimate of drug-likeness (QED) is 0.876. The van der Waals surface area contributed by atoms with Crippen LogP contribution in [0.3, 0.4) is 0 Å². The fraction of sp³-hybridized carbons (Fsp3) is 0.429. The Morgan fingerprint density at radius 3 is 2.26 bits per heavy atom. The Morgan fingerprint density at radius 2 is 1.79 bits per heavy atom. The minimum absolute atomic E-state index is 0.0127. The lowest BCUT2D eigenvalue weighted by atomic mass is 9.87. The van der Waals surface area contributed by atoms with Crippen molar-refractivity contribution in [1.29, 1.82) is 0 Å². The van der Waals surface area contributed by atoms with E-state index >= 15 is 0 Å². The van der Waals surface area contributed by atoms with Gasteiger partial charge >= 0.3 is 6.09 Å². The monoisotopic (exact) mass is 264 g/mol. The van der Waals surface area contributed by atoms with Crippen LogP contribution in [-0.2, 0) is 14.9 Å². The zero-order valence-corrected chi connectivity index (χ0v) is 11.5. The molecule has 0 fully saturated rings. The predicted octanol–water partition coefficient (Wildman–Crippen LogP) is 2.41. The summed E-state index contributed by atoms with van der Waals surface area (Å²) in [5, 5.41) is 2.58. The number of carbonyl (C=O) groups excluding carboxylic acids is 2. The van der Waals surface area contributed by atoms with Gasteiger partial charge in [-0.1, -0.05) is 32.9 Å². The van der Waals surface area contributed by atoms with Crippen molar-refractivity contribution in [2.45, 2.75) is 32.6 Å². The van der Waals surface area contributed by atoms with E-state index in [0.717, 1.165) is 0 Å². The van der Waals surface area contributed by atoms with Gasteiger partial charge < -0.3 is 10.5 Å². The van der Waals surface area contributed by atoms with Gasteiger partial charge in [-0.15, -0.1) is 0 Å². The molecule has 0 unspecified atom stereocenters. The van der Waals surface area contributed by atoms with Crippen LogP contribution in [0.15, 0.2) is 24.3 Å². The van der Waals surface area contributed by atoms with E-state index in [4.69, 9.17) is 10.5 Å². The van der Waals surface area contributed by atoms with Gasteiger partial charge in [0, 0.05) is 5.69 Å². The Morgan fingerprint density at radius 1 is 1.21 bits per heavy atom. The second kappa shape index (κ2) is 6.22. The van der Waals surface area contributed by atoms with Crippen LogP contribution in [0.25, 0.3) is 0 Å². The van der Waals surface area contributed by atoms with Crippen LogP contribution in [0.5, 0.6) is 0 Å². The third-order valence-electron chi connectivity index (χ3n) is 2.58. The molecular weight excluding hydrogens is 244 g/mol. The molecule has 0 aromatic heterocycles. The third-order valence-corrected chi connectivity index (χ3v) is 2.58. The number of rotatable bonds is 4. The predicted molar refractivity (Wildman–Crippen MR) is 73.9 cm³/mol. The summed E-state index contributed by atoms with van der Waals surface area (Å²) in [5.74, 6) is -0.498. The lowest BCUT2D eigenvalue weighted by molar-refractivity contribution is -0.118. The fourth-order valence-corrected chi connectivity index (χ4v) is 1.45. The van der Waals surface area contributed by atoms with Crippen LogP contribution in [0.1, 0.15) is 32.8 Å². The first-order valence-corrected chi connectivity index (χ1v) is 6.11. The maximum absolute atomic E-state index is 11.4. The first-order valence-electron chi connectivity index (χ1n) is 6.11. The first-order chi connectivity index (χ1) is 8.79. The second-order valence-electron chi connectivity index (χ2n) is 5.30. The highest BCUT2D eigenvalue weighted by Gasteiger charge is 2.13. The smallest absolute Gasteiger partial charge is 0.411 e. The van der Waals surface area contributed by atoms with Gasteiger partial charge in [0.05, 0.1) is 6.42 Å². The molecule has 0 spiro atoms. The number of primary amides is 1. The maximum atomic E-state index is 11.4. The first kappa shape index (κ1) is 15.0. The summed E-state index contributed by atoms with van der Waals surface area (Å²) in [7, 11) is 0. The average molecular weight is 264 g/mol. The topological polar surface area (TPSA) is 81.4 Å². The van der Waals surface area contributed by atoms with Crippen LogP contribution in [0, 0.1) is 0 Å². The van der Waals surface area contributed by atoms with Gasteiger partial charge in [-0.25, -0.2) is 4.79 Å². The molecule has 1 aromatic rings. The van der Waals surface area contributed by atoms with Gasteiger partial charge in [0.15, 0.2) is 0 Å². The number of carbonyl (C=O) groups is 2. The molecule has 0 bridgehead atoms. The van der Waals surface area contributed by atoms with Crippen LogP contribution < -0.4 is 11.1 Å². The standard InChI is InChI=1S/C14H20N2O3/c1-14(2,3)10-4-6-11(7-5-10)16-13(18)19-9-8-12(15)17/h4-7H,8-9H2,1-3H3,(H2,15,17)(H,16,18). The van der Waals surface area contributed by atoms with Crippen molar-refractivity contribution in [2.24, 2.45) is 5.73 Å². The lowest BCUT2D eigenvalue weighted by Crippen LogP contribution is -2.19. The Labute approximate surface area is 113 Å². The van der Waals surface area contributed by atoms with E-state index in [0.29, 0.717) is 5.69 Å². The molecule has 0 heterocycles. The molecule has 104 valence electrons. The summed E-state index contributed by atoms with van der Waals surface area (Å²) >= 11 is 0. The van der Waals surface area contributed by atoms with Crippen LogP contribution >= 0.6 is 0 Å². The van der Waals surface area contributed by atoms with E-state index in [1.54, 1.807) is 0 Å². The molecule has 0 aliphatic rings. The van der Waals surface area contributed by atoms with Gasteiger partial charge in [0.25, 0.3) is 0 Å². The van der Waals surface area contributed by atoms with Crippen molar-refractivity contribution in [1.82, 2.24) is 0 Å². The highest BCUT2D eigenvalue weighted by Crippen LogP contribution is 2.23. The molecule has 19 heavy (non-hydrogen) atoms. The third kappa shape index (κ3) is 5.42. The Hall–Kier alpha value is -2.04. The molecule has 5 nitrogen and oxygen atoms in total. The molecule has 0 saturated heterocycles. The van der Waals surface area contributed by atoms with Crippen molar-refractivity contribution >= 4 is 17.7 Å². The molecule has 3 N–H and O–H groups in total. The average Bonchev–Trinajstić information content (AvgIpc) is 2.27. The van der Waals surface area contributed by atoms with Crippen molar-refractivity contribution < 1.29 is 14.3 Å². The number of anilines is 1. The fourth-order valence-electron chi connectivity index (χ4n) is 1.45. The number of amides is 2. The van der Waals surface area contributed by atoms with Gasteiger partial charge in [-0.05, 0) is 23.1 Å². The van der Waals surface area contributed by atoms with Gasteiger partial charge in [0.1, 0.15) is 6.61 Å². The molecule has 0 aliphatic carbocycles. The Bertz CT molecular complexity index is 447.